The van der Waals surface area contributed by atoms with Crippen molar-refractivity contribution in [2.24, 2.45) is 11.7 Å². The molecule has 18 heavy (non-hydrogen) atoms. The molecule has 1 aliphatic carbocycles. The van der Waals surface area contributed by atoms with Gasteiger partial charge in [0.15, 0.2) is 0 Å². The van der Waals surface area contributed by atoms with Crippen molar-refractivity contribution in [3.05, 3.63) is 0 Å². The number of hydrogen-bond acceptors (Lipinski definition) is 3. The maximum atomic E-state index is 12.4. The van der Waals surface area contributed by atoms with Gasteiger partial charge in [0.05, 0.1) is 0 Å². The average molecular weight is 275 g/mol. The molecule has 0 aromatic heterocycles. The van der Waals surface area contributed by atoms with Crippen molar-refractivity contribution in [2.75, 3.05) is 19.6 Å². The van der Waals surface area contributed by atoms with Crippen molar-refractivity contribution in [3.8, 4) is 0 Å². The third kappa shape index (κ3) is 2.71. The summed E-state index contributed by atoms with van der Waals surface area (Å²) in [4.78, 5) is 0. The fourth-order valence-corrected chi connectivity index (χ4v) is 4.93. The fraction of sp³-hybridized carbons (Fsp3) is 1.00. The van der Waals surface area contributed by atoms with Gasteiger partial charge in [0, 0.05) is 25.2 Å². The molecule has 5 nitrogen and oxygen atoms in total. The largest absolute Gasteiger partial charge is 0.329 e. The highest BCUT2D eigenvalue weighted by Crippen LogP contribution is 2.34. The highest BCUT2D eigenvalue weighted by molar-refractivity contribution is 7.87. The Hall–Kier alpha value is -0.170. The first-order valence-electron chi connectivity index (χ1n) is 6.99. The van der Waals surface area contributed by atoms with Crippen LogP contribution in [-0.4, -0.2) is 37.9 Å². The predicted molar refractivity (Wildman–Crippen MR) is 72.3 cm³/mol. The molecule has 2 atom stereocenters. The van der Waals surface area contributed by atoms with Crippen molar-refractivity contribution in [2.45, 2.75) is 51.0 Å². The molecule has 3 N–H and O–H groups in total. The van der Waals surface area contributed by atoms with E-state index in [9.17, 15) is 8.42 Å². The molecule has 2 fully saturated rings. The maximum absolute atomic E-state index is 12.4. The molecular weight excluding hydrogens is 250 g/mol. The average Bonchev–Trinajstić information content (AvgIpc) is 2.86. The van der Waals surface area contributed by atoms with Crippen molar-refractivity contribution < 1.29 is 8.42 Å². The van der Waals surface area contributed by atoms with Gasteiger partial charge in [-0.3, -0.25) is 0 Å². The zero-order valence-electron chi connectivity index (χ0n) is 11.2. The molecule has 2 unspecified atom stereocenters. The molecular formula is C12H25N3O2S. The Kier molecular flexibility index (Phi) is 4.31. The summed E-state index contributed by atoms with van der Waals surface area (Å²) < 4.78 is 29.2. The van der Waals surface area contributed by atoms with Gasteiger partial charge in [-0.15, -0.1) is 0 Å². The molecule has 2 rings (SSSR count). The molecule has 1 saturated carbocycles. The van der Waals surface area contributed by atoms with E-state index in [0.29, 0.717) is 25.6 Å². The quantitative estimate of drug-likeness (QED) is 0.798. The molecule has 0 spiro atoms. The number of nitrogens with one attached hydrogen (secondary N) is 1. The molecule has 0 amide bonds. The number of hydrogen-bond donors (Lipinski definition) is 2. The SMILES string of the molecule is CC1CCCCC1(CN)NS(=O)(=O)N1CCCC1. The summed E-state index contributed by atoms with van der Waals surface area (Å²) in [5.41, 5.74) is 5.46. The smallest absolute Gasteiger partial charge is 0.280 e. The summed E-state index contributed by atoms with van der Waals surface area (Å²) in [6, 6.07) is 0. The molecule has 6 heteroatoms. The van der Waals surface area contributed by atoms with Crippen molar-refractivity contribution in [1.29, 1.82) is 0 Å². The topological polar surface area (TPSA) is 75.4 Å². The van der Waals surface area contributed by atoms with Gasteiger partial charge in [-0.2, -0.15) is 17.4 Å². The summed E-state index contributed by atoms with van der Waals surface area (Å²) in [6.07, 6.45) is 6.08. The molecule has 0 bridgehead atoms. The Morgan fingerprint density at radius 3 is 2.50 bits per heavy atom. The minimum atomic E-state index is -3.36. The van der Waals surface area contributed by atoms with Gasteiger partial charge in [-0.1, -0.05) is 19.8 Å². The van der Waals surface area contributed by atoms with Crippen LogP contribution in [0.4, 0.5) is 0 Å². The van der Waals surface area contributed by atoms with E-state index in [1.165, 1.54) is 6.42 Å². The zero-order valence-corrected chi connectivity index (χ0v) is 12.0. The fourth-order valence-electron chi connectivity index (χ4n) is 3.16. The molecule has 2 aliphatic rings. The number of rotatable bonds is 4. The van der Waals surface area contributed by atoms with Crippen LogP contribution in [0.5, 0.6) is 0 Å². The van der Waals surface area contributed by atoms with E-state index >= 15 is 0 Å². The molecule has 1 saturated heterocycles. The van der Waals surface area contributed by atoms with Crippen LogP contribution < -0.4 is 10.5 Å². The number of nitrogens with zero attached hydrogens (tertiary/aromatic N) is 1. The van der Waals surface area contributed by atoms with Crippen LogP contribution in [0.3, 0.4) is 0 Å². The van der Waals surface area contributed by atoms with E-state index in [4.69, 9.17) is 5.73 Å². The van der Waals surface area contributed by atoms with Crippen LogP contribution in [0.15, 0.2) is 0 Å². The van der Waals surface area contributed by atoms with Gasteiger partial charge in [0.1, 0.15) is 0 Å². The summed E-state index contributed by atoms with van der Waals surface area (Å²) in [7, 11) is -3.36. The lowest BCUT2D eigenvalue weighted by molar-refractivity contribution is 0.188. The second-order valence-corrected chi connectivity index (χ2v) is 7.39. The second kappa shape index (κ2) is 5.45. The van der Waals surface area contributed by atoms with Crippen molar-refractivity contribution in [1.82, 2.24) is 9.03 Å². The third-order valence-electron chi connectivity index (χ3n) is 4.55. The molecule has 1 aliphatic heterocycles. The van der Waals surface area contributed by atoms with Crippen LogP contribution in [-0.2, 0) is 10.2 Å². The molecule has 0 aromatic carbocycles. The standard InChI is InChI=1S/C12H25N3O2S/c1-11-6-2-3-7-12(11,10-13)14-18(16,17)15-8-4-5-9-15/h11,14H,2-10,13H2,1H3. The molecule has 106 valence electrons. The van der Waals surface area contributed by atoms with Gasteiger partial charge >= 0.3 is 0 Å². The van der Waals surface area contributed by atoms with Gasteiger partial charge in [-0.05, 0) is 31.6 Å². The first-order chi connectivity index (χ1) is 8.50. The lowest BCUT2D eigenvalue weighted by atomic mass is 9.74. The van der Waals surface area contributed by atoms with Crippen molar-refractivity contribution >= 4 is 10.2 Å². The van der Waals surface area contributed by atoms with Crippen LogP contribution in [0.25, 0.3) is 0 Å². The van der Waals surface area contributed by atoms with Crippen LogP contribution in [0.2, 0.25) is 0 Å². The zero-order chi connectivity index (χ0) is 13.2. The lowest BCUT2D eigenvalue weighted by Crippen LogP contribution is -2.61. The number of nitrogens with two attached hydrogens (primary N) is 1. The van der Waals surface area contributed by atoms with Gasteiger partial charge < -0.3 is 5.73 Å². The minimum absolute atomic E-state index is 0.314. The Bertz CT molecular complexity index is 379. The molecule has 0 aromatic rings. The van der Waals surface area contributed by atoms with Crippen LogP contribution >= 0.6 is 0 Å². The predicted octanol–water partition coefficient (Wildman–Crippen LogP) is 0.824. The Labute approximate surface area is 110 Å². The maximum Gasteiger partial charge on any atom is 0.280 e. The highest BCUT2D eigenvalue weighted by atomic mass is 32.2. The summed E-state index contributed by atoms with van der Waals surface area (Å²) in [5.74, 6) is 0.314. The van der Waals surface area contributed by atoms with E-state index in [1.807, 2.05) is 0 Å². The van der Waals surface area contributed by atoms with E-state index in [-0.39, 0.29) is 0 Å². The summed E-state index contributed by atoms with van der Waals surface area (Å²) in [6.45, 7) is 3.79. The highest BCUT2D eigenvalue weighted by Gasteiger charge is 2.42. The Morgan fingerprint density at radius 2 is 1.94 bits per heavy atom. The minimum Gasteiger partial charge on any atom is -0.329 e. The van der Waals surface area contributed by atoms with E-state index < -0.39 is 15.7 Å². The molecule has 1 heterocycles. The third-order valence-corrected chi connectivity index (χ3v) is 6.26. The van der Waals surface area contributed by atoms with Crippen LogP contribution in [0.1, 0.15) is 45.4 Å². The first kappa shape index (κ1) is 14.2. The Balaban J connectivity index is 2.13. The second-order valence-electron chi connectivity index (χ2n) is 5.72. The van der Waals surface area contributed by atoms with Gasteiger partial charge in [-0.25, -0.2) is 0 Å². The van der Waals surface area contributed by atoms with E-state index in [0.717, 1.165) is 32.1 Å². The van der Waals surface area contributed by atoms with E-state index in [1.54, 1.807) is 4.31 Å². The summed E-state index contributed by atoms with van der Waals surface area (Å²) >= 11 is 0. The van der Waals surface area contributed by atoms with E-state index in [2.05, 4.69) is 11.6 Å². The first-order valence-corrected chi connectivity index (χ1v) is 8.43. The van der Waals surface area contributed by atoms with Gasteiger partial charge in [0.2, 0.25) is 0 Å². The summed E-state index contributed by atoms with van der Waals surface area (Å²) in [5, 5.41) is 0. The van der Waals surface area contributed by atoms with Crippen LogP contribution in [0, 0.1) is 5.92 Å². The molecule has 0 radical (unpaired) electrons. The Morgan fingerprint density at radius 1 is 1.28 bits per heavy atom. The lowest BCUT2D eigenvalue weighted by Gasteiger charge is -2.42. The van der Waals surface area contributed by atoms with Crippen molar-refractivity contribution in [3.63, 3.8) is 0 Å². The van der Waals surface area contributed by atoms with Gasteiger partial charge in [0.25, 0.3) is 10.2 Å². The normalized spacial score (nSPS) is 34.9. The monoisotopic (exact) mass is 275 g/mol.